The molecule has 0 spiro atoms. The minimum atomic E-state index is -0.903. The molecule has 0 radical (unpaired) electrons. The van der Waals surface area contributed by atoms with Crippen molar-refractivity contribution < 1.29 is 38.1 Å². The van der Waals surface area contributed by atoms with E-state index in [1.807, 2.05) is 32.9 Å². The first kappa shape index (κ1) is 27.3. The lowest BCUT2D eigenvalue weighted by Gasteiger charge is -2.38. The van der Waals surface area contributed by atoms with Crippen LogP contribution in [-0.2, 0) is 14.3 Å². The molecule has 0 N–H and O–H groups in total. The molecular formula is C29H28N2O8. The Hall–Kier alpha value is -4.78. The van der Waals surface area contributed by atoms with Crippen molar-refractivity contribution >= 4 is 34.7 Å². The number of amides is 1. The number of rotatable bonds is 7. The van der Waals surface area contributed by atoms with Crippen LogP contribution in [0.1, 0.15) is 49.2 Å². The van der Waals surface area contributed by atoms with E-state index < -0.39 is 29.0 Å². The van der Waals surface area contributed by atoms with E-state index >= 15 is 0 Å². The molecule has 2 aromatic carbocycles. The molecule has 10 heteroatoms. The van der Waals surface area contributed by atoms with Gasteiger partial charge in [-0.05, 0) is 57.5 Å². The van der Waals surface area contributed by atoms with Crippen molar-refractivity contribution in [3.63, 3.8) is 0 Å². The van der Waals surface area contributed by atoms with E-state index in [1.54, 1.807) is 17.9 Å². The van der Waals surface area contributed by atoms with E-state index in [-0.39, 0.29) is 35.0 Å². The molecule has 2 heterocycles. The van der Waals surface area contributed by atoms with Crippen LogP contribution in [0, 0.1) is 11.3 Å². The quantitative estimate of drug-likeness (QED) is 0.222. The Morgan fingerprint density at radius 3 is 2.15 bits per heavy atom. The number of methoxy groups -OCH3 is 3. The zero-order chi connectivity index (χ0) is 28.6. The molecule has 1 amide bonds. The number of nitrogens with zero attached hydrogens (tertiary/aromatic N) is 2. The second-order valence-corrected chi connectivity index (χ2v) is 9.37. The van der Waals surface area contributed by atoms with Crippen LogP contribution < -0.4 is 23.8 Å². The fourth-order valence-electron chi connectivity index (χ4n) is 4.96. The first-order valence-corrected chi connectivity index (χ1v) is 12.1. The van der Waals surface area contributed by atoms with Crippen molar-refractivity contribution in [2.45, 2.75) is 33.2 Å². The fraction of sp³-hybridized carbons (Fsp3) is 0.310. The van der Waals surface area contributed by atoms with Crippen LogP contribution in [0.4, 0.5) is 5.69 Å². The van der Waals surface area contributed by atoms with Gasteiger partial charge >= 0.3 is 11.9 Å². The number of carbonyl (C=O) groups excluding carboxylic acids is 3. The van der Waals surface area contributed by atoms with E-state index in [9.17, 15) is 19.6 Å². The molecule has 2 aliphatic heterocycles. The third-order valence-corrected chi connectivity index (χ3v) is 6.52. The number of carbonyl (C=O) groups is 3. The Balaban J connectivity index is 1.88. The third-order valence-electron chi connectivity index (χ3n) is 6.52. The average Bonchev–Trinajstić information content (AvgIpc) is 3.19. The number of hydrogen-bond donors (Lipinski definition) is 0. The molecule has 2 aliphatic rings. The molecule has 202 valence electrons. The highest BCUT2D eigenvalue weighted by Crippen LogP contribution is 2.51. The highest BCUT2D eigenvalue weighted by Gasteiger charge is 2.47. The molecule has 0 saturated heterocycles. The van der Waals surface area contributed by atoms with Crippen molar-refractivity contribution in [2.24, 2.45) is 0 Å². The summed E-state index contributed by atoms with van der Waals surface area (Å²) < 4.78 is 26.8. The van der Waals surface area contributed by atoms with E-state index in [1.165, 1.54) is 39.5 Å². The number of ether oxygens (including phenoxy) is 5. The second-order valence-electron chi connectivity index (χ2n) is 9.37. The monoisotopic (exact) mass is 532 g/mol. The summed E-state index contributed by atoms with van der Waals surface area (Å²) in [6, 6.07) is 7.88. The zero-order valence-corrected chi connectivity index (χ0v) is 22.8. The Bertz CT molecular complexity index is 1480. The molecule has 2 aromatic rings. The van der Waals surface area contributed by atoms with Crippen molar-refractivity contribution in [1.82, 2.24) is 0 Å². The number of hydrogen-bond acceptors (Lipinski definition) is 9. The van der Waals surface area contributed by atoms with Crippen LogP contribution >= 0.6 is 0 Å². The smallest absolute Gasteiger partial charge is 0.349 e. The lowest BCUT2D eigenvalue weighted by atomic mass is 9.88. The normalized spacial score (nSPS) is 16.0. The SMILES string of the molecule is CCOC(=O)/C(C#N)=C1/C(=O)N2c3c(cc(OC(=O)c4cc(OC)c(OC)c(OC)c4)cc31)C(C)=CC2(C)C. The van der Waals surface area contributed by atoms with Gasteiger partial charge in [0.05, 0.1) is 50.3 Å². The molecule has 0 aliphatic carbocycles. The Morgan fingerprint density at radius 2 is 1.62 bits per heavy atom. The average molecular weight is 533 g/mol. The standard InChI is InChI=1S/C29H28N2O8/c1-8-38-28(34)20(14-30)23-19-12-17(11-18-15(2)13-29(3,4)31(24(18)19)26(23)32)39-27(33)16-9-21(35-5)25(37-7)22(10-16)36-6/h9-13H,8H2,1-7H3/b23-20+. The summed E-state index contributed by atoms with van der Waals surface area (Å²) in [5, 5.41) is 9.85. The van der Waals surface area contributed by atoms with Gasteiger partial charge in [-0.15, -0.1) is 0 Å². The molecule has 0 bridgehead atoms. The van der Waals surface area contributed by atoms with Gasteiger partial charge in [-0.3, -0.25) is 9.69 Å². The summed E-state index contributed by atoms with van der Waals surface area (Å²) in [5.41, 5.74) is 1.17. The van der Waals surface area contributed by atoms with Gasteiger partial charge in [0.1, 0.15) is 11.8 Å². The van der Waals surface area contributed by atoms with Gasteiger partial charge in [0.2, 0.25) is 5.75 Å². The minimum Gasteiger partial charge on any atom is -0.493 e. The van der Waals surface area contributed by atoms with Crippen LogP contribution in [0.15, 0.2) is 35.9 Å². The maximum absolute atomic E-state index is 13.7. The third kappa shape index (κ3) is 4.46. The van der Waals surface area contributed by atoms with E-state index in [0.717, 1.165) is 5.57 Å². The van der Waals surface area contributed by atoms with Gasteiger partial charge in [0, 0.05) is 11.1 Å². The second kappa shape index (κ2) is 10.2. The number of nitriles is 1. The van der Waals surface area contributed by atoms with Crippen LogP contribution in [0.5, 0.6) is 23.0 Å². The molecule has 4 rings (SSSR count). The van der Waals surface area contributed by atoms with Gasteiger partial charge < -0.3 is 23.7 Å². The summed E-state index contributed by atoms with van der Waals surface area (Å²) in [6.07, 6.45) is 1.90. The summed E-state index contributed by atoms with van der Waals surface area (Å²) in [7, 11) is 4.31. The van der Waals surface area contributed by atoms with Crippen LogP contribution in [0.25, 0.3) is 11.1 Å². The van der Waals surface area contributed by atoms with Gasteiger partial charge in [0.25, 0.3) is 5.91 Å². The lowest BCUT2D eigenvalue weighted by Crippen LogP contribution is -2.46. The highest BCUT2D eigenvalue weighted by atomic mass is 16.5. The van der Waals surface area contributed by atoms with Crippen molar-refractivity contribution in [3.8, 4) is 29.1 Å². The first-order valence-electron chi connectivity index (χ1n) is 12.1. The Labute approximate surface area is 226 Å². The van der Waals surface area contributed by atoms with E-state index in [2.05, 4.69) is 0 Å². The van der Waals surface area contributed by atoms with Crippen LogP contribution in [-0.4, -0.2) is 51.3 Å². The predicted molar refractivity (Wildman–Crippen MR) is 142 cm³/mol. The largest absolute Gasteiger partial charge is 0.493 e. The summed E-state index contributed by atoms with van der Waals surface area (Å²) in [5.74, 6) is -1.17. The Morgan fingerprint density at radius 1 is 1.00 bits per heavy atom. The van der Waals surface area contributed by atoms with Crippen LogP contribution in [0.2, 0.25) is 0 Å². The van der Waals surface area contributed by atoms with Crippen LogP contribution in [0.3, 0.4) is 0 Å². The minimum absolute atomic E-state index is 0.0336. The van der Waals surface area contributed by atoms with Gasteiger partial charge in [-0.1, -0.05) is 6.08 Å². The molecular weight excluding hydrogens is 504 g/mol. The maximum atomic E-state index is 13.7. The number of benzene rings is 2. The number of anilines is 1. The topological polar surface area (TPSA) is 124 Å². The first-order chi connectivity index (χ1) is 18.5. The Kier molecular flexibility index (Phi) is 7.11. The molecule has 10 nitrogen and oxygen atoms in total. The number of allylic oxidation sites excluding steroid dienone is 1. The molecule has 0 atom stereocenters. The van der Waals surface area contributed by atoms with E-state index in [4.69, 9.17) is 23.7 Å². The van der Waals surface area contributed by atoms with Gasteiger partial charge in [-0.25, -0.2) is 9.59 Å². The summed E-state index contributed by atoms with van der Waals surface area (Å²) >= 11 is 0. The molecule has 0 fully saturated rings. The van der Waals surface area contributed by atoms with E-state index in [0.29, 0.717) is 22.6 Å². The molecule has 0 unspecified atom stereocenters. The van der Waals surface area contributed by atoms with Crippen molar-refractivity contribution in [1.29, 1.82) is 5.26 Å². The summed E-state index contributed by atoms with van der Waals surface area (Å²) in [4.78, 5) is 41.1. The summed E-state index contributed by atoms with van der Waals surface area (Å²) in [6.45, 7) is 7.24. The highest BCUT2D eigenvalue weighted by molar-refractivity contribution is 6.38. The molecule has 39 heavy (non-hydrogen) atoms. The fourth-order valence-corrected chi connectivity index (χ4v) is 4.96. The van der Waals surface area contributed by atoms with Crippen molar-refractivity contribution in [3.05, 3.63) is 52.6 Å². The van der Waals surface area contributed by atoms with Gasteiger partial charge in [0.15, 0.2) is 17.1 Å². The maximum Gasteiger partial charge on any atom is 0.349 e. The number of esters is 2. The molecule has 0 saturated carbocycles. The molecule has 0 aromatic heterocycles. The predicted octanol–water partition coefficient (Wildman–Crippen LogP) is 4.31. The lowest BCUT2D eigenvalue weighted by molar-refractivity contribution is -0.138. The zero-order valence-electron chi connectivity index (χ0n) is 22.8. The van der Waals surface area contributed by atoms with Crippen molar-refractivity contribution in [2.75, 3.05) is 32.8 Å². The van der Waals surface area contributed by atoms with Gasteiger partial charge in [-0.2, -0.15) is 5.26 Å².